The first-order valence-electron chi connectivity index (χ1n) is 11.3. The Labute approximate surface area is 178 Å². The first kappa shape index (κ1) is 26.9. The number of carbonyl (C=O) groups is 1. The summed E-state index contributed by atoms with van der Waals surface area (Å²) in [6, 6.07) is 1.43. The first-order chi connectivity index (χ1) is 12.8. The molecular weight excluding hydrogens is 416 g/mol. The van der Waals surface area contributed by atoms with E-state index in [0.717, 1.165) is 6.42 Å². The molecule has 0 atom stereocenters. The van der Waals surface area contributed by atoms with Crippen LogP contribution in [0.2, 0.25) is 19.1 Å². The molecule has 0 aliphatic rings. The molecule has 0 saturated heterocycles. The molecule has 0 aromatic carbocycles. The number of esters is 1. The van der Waals surface area contributed by atoms with E-state index in [1.54, 1.807) is 6.92 Å². The van der Waals surface area contributed by atoms with Crippen molar-refractivity contribution in [1.29, 1.82) is 0 Å². The van der Waals surface area contributed by atoms with Crippen LogP contribution in [0.1, 0.15) is 103 Å². The van der Waals surface area contributed by atoms with Crippen molar-refractivity contribution in [3.8, 4) is 0 Å². The second-order valence-corrected chi connectivity index (χ2v) is 19.1. The van der Waals surface area contributed by atoms with Gasteiger partial charge in [0.1, 0.15) is 6.69 Å². The van der Waals surface area contributed by atoms with Crippen molar-refractivity contribution in [2.75, 3.05) is 6.61 Å². The molecule has 160 valence electrons. The zero-order valence-electron chi connectivity index (χ0n) is 18.4. The van der Waals surface area contributed by atoms with Crippen LogP contribution < -0.4 is 0 Å². The van der Waals surface area contributed by atoms with Crippen LogP contribution in [0.4, 0.5) is 0 Å². The monoisotopic (exact) mass is 460 g/mol. The van der Waals surface area contributed by atoms with Gasteiger partial charge in [0.2, 0.25) is 0 Å². The summed E-state index contributed by atoms with van der Waals surface area (Å²) in [4.78, 5) is 11.2. The van der Waals surface area contributed by atoms with E-state index in [9.17, 15) is 4.79 Å². The molecule has 0 amide bonds. The Kier molecular flexibility index (Phi) is 17.9. The summed E-state index contributed by atoms with van der Waals surface area (Å²) < 4.78 is 5.10. The molecule has 0 unspecified atom stereocenters. The van der Waals surface area contributed by atoms with Crippen molar-refractivity contribution in [3.05, 3.63) is 12.2 Å². The van der Waals surface area contributed by atoms with Crippen LogP contribution in [0.25, 0.3) is 0 Å². The Balaban J connectivity index is 3.11. The van der Waals surface area contributed by atoms with Crippen LogP contribution >= 0.6 is 15.3 Å². The minimum Gasteiger partial charge on any atom is -0.462 e. The lowest BCUT2D eigenvalue weighted by Gasteiger charge is -2.12. The van der Waals surface area contributed by atoms with Gasteiger partial charge in [-0.1, -0.05) is 110 Å². The van der Waals surface area contributed by atoms with E-state index in [1.165, 1.54) is 95.9 Å². The highest BCUT2D eigenvalue weighted by Crippen LogP contribution is 2.21. The molecule has 0 heterocycles. The highest BCUT2D eigenvalue weighted by Gasteiger charge is 2.14. The van der Waals surface area contributed by atoms with Crippen molar-refractivity contribution >= 4 is 28.0 Å². The van der Waals surface area contributed by atoms with Crippen molar-refractivity contribution in [1.82, 2.24) is 0 Å². The third-order valence-electron chi connectivity index (χ3n) is 5.00. The van der Waals surface area contributed by atoms with Crippen molar-refractivity contribution in [3.63, 3.8) is 0 Å². The second-order valence-electron chi connectivity index (χ2n) is 8.69. The molecule has 0 aliphatic carbocycles. The number of ether oxygens (including phenoxy) is 1. The smallest absolute Gasteiger partial charge is 0.333 e. The van der Waals surface area contributed by atoms with Gasteiger partial charge >= 0.3 is 5.97 Å². The Morgan fingerprint density at radius 2 is 1.07 bits per heavy atom. The van der Waals surface area contributed by atoms with Crippen LogP contribution in [0.15, 0.2) is 12.2 Å². The van der Waals surface area contributed by atoms with E-state index in [2.05, 4.69) is 35.0 Å². The largest absolute Gasteiger partial charge is 0.462 e. The standard InChI is InChI=1S/C23H45BrO2Si/c1-22(2)23(25)26-20-18-16-14-12-10-8-6-5-7-9-11-13-15-17-19-21-27(3,4)24/h1,5-21H2,2-4H3. The lowest BCUT2D eigenvalue weighted by molar-refractivity contribution is -0.139. The molecule has 0 aromatic heterocycles. The van der Waals surface area contributed by atoms with Crippen molar-refractivity contribution in [2.24, 2.45) is 0 Å². The number of rotatable bonds is 19. The average molecular weight is 462 g/mol. The lowest BCUT2D eigenvalue weighted by atomic mass is 10.0. The van der Waals surface area contributed by atoms with Crippen LogP contribution in [0, 0.1) is 0 Å². The van der Waals surface area contributed by atoms with E-state index >= 15 is 0 Å². The summed E-state index contributed by atoms with van der Waals surface area (Å²) in [6.45, 7) is 9.64. The van der Waals surface area contributed by atoms with Gasteiger partial charge in [-0.2, -0.15) is 0 Å². The summed E-state index contributed by atoms with van der Waals surface area (Å²) in [5.74, 6) is -0.254. The molecule has 0 radical (unpaired) electrons. The Morgan fingerprint density at radius 1 is 0.741 bits per heavy atom. The molecule has 0 fully saturated rings. The molecule has 0 N–H and O–H groups in total. The average Bonchev–Trinajstić information content (AvgIpc) is 2.59. The van der Waals surface area contributed by atoms with Crippen molar-refractivity contribution in [2.45, 2.75) is 122 Å². The van der Waals surface area contributed by atoms with E-state index in [4.69, 9.17) is 4.74 Å². The first-order valence-corrected chi connectivity index (χ1v) is 16.8. The quantitative estimate of drug-likeness (QED) is 0.0633. The Hall–Kier alpha value is -0.0931. The number of halogens is 1. The van der Waals surface area contributed by atoms with Gasteiger partial charge in [-0.15, -0.1) is 15.3 Å². The Bertz CT molecular complexity index is 377. The molecule has 0 saturated carbocycles. The van der Waals surface area contributed by atoms with Crippen molar-refractivity contribution < 1.29 is 9.53 Å². The maximum Gasteiger partial charge on any atom is 0.333 e. The van der Waals surface area contributed by atoms with Gasteiger partial charge in [-0.05, 0) is 19.4 Å². The number of carbonyl (C=O) groups excluding carboxylic acids is 1. The van der Waals surface area contributed by atoms with Gasteiger partial charge in [0, 0.05) is 5.57 Å². The normalized spacial score (nSPS) is 11.6. The molecule has 0 rings (SSSR count). The maximum atomic E-state index is 11.2. The fourth-order valence-electron chi connectivity index (χ4n) is 3.23. The SMILES string of the molecule is C=C(C)C(=O)OCCCCCCCCCCCCCCCCC[Si](C)(C)Br. The summed E-state index contributed by atoms with van der Waals surface area (Å²) in [7, 11) is 0. The predicted octanol–water partition coefficient (Wildman–Crippen LogP) is 8.56. The summed E-state index contributed by atoms with van der Waals surface area (Å²) in [6.07, 6.45) is 20.3. The summed E-state index contributed by atoms with van der Waals surface area (Å²) >= 11 is 3.86. The van der Waals surface area contributed by atoms with Crippen LogP contribution in [-0.4, -0.2) is 19.3 Å². The predicted molar refractivity (Wildman–Crippen MR) is 126 cm³/mol. The molecular formula is C23H45BrO2Si. The fraction of sp³-hybridized carbons (Fsp3) is 0.870. The summed E-state index contributed by atoms with van der Waals surface area (Å²) in [5, 5.41) is 0. The molecule has 4 heteroatoms. The molecule has 27 heavy (non-hydrogen) atoms. The highest BCUT2D eigenvalue weighted by molar-refractivity contribution is 9.26. The van der Waals surface area contributed by atoms with Gasteiger partial charge in [0.15, 0.2) is 0 Å². The minimum absolute atomic E-state index is 0.254. The van der Waals surface area contributed by atoms with Gasteiger partial charge in [-0.25, -0.2) is 4.79 Å². The lowest BCUT2D eigenvalue weighted by Crippen LogP contribution is -2.13. The highest BCUT2D eigenvalue weighted by atomic mass is 79.9. The zero-order chi connectivity index (χ0) is 20.4. The van der Waals surface area contributed by atoms with Crippen LogP contribution in [-0.2, 0) is 9.53 Å². The topological polar surface area (TPSA) is 26.3 Å². The third-order valence-corrected chi connectivity index (χ3v) is 7.73. The van der Waals surface area contributed by atoms with Gasteiger partial charge in [0.05, 0.1) is 6.61 Å². The van der Waals surface area contributed by atoms with Gasteiger partial charge < -0.3 is 4.74 Å². The molecule has 0 bridgehead atoms. The summed E-state index contributed by atoms with van der Waals surface area (Å²) in [5.41, 5.74) is 0.491. The molecule has 0 aliphatic heterocycles. The molecule has 0 aromatic rings. The van der Waals surface area contributed by atoms with E-state index in [1.807, 2.05) is 0 Å². The van der Waals surface area contributed by atoms with E-state index in [0.29, 0.717) is 12.2 Å². The molecule has 0 spiro atoms. The number of unbranched alkanes of at least 4 members (excludes halogenated alkanes) is 14. The maximum absolute atomic E-state index is 11.2. The van der Waals surface area contributed by atoms with Crippen LogP contribution in [0.5, 0.6) is 0 Å². The Morgan fingerprint density at radius 3 is 1.41 bits per heavy atom. The molecule has 2 nitrogen and oxygen atoms in total. The third kappa shape index (κ3) is 22.1. The number of hydrogen-bond acceptors (Lipinski definition) is 2. The zero-order valence-corrected chi connectivity index (χ0v) is 21.0. The second kappa shape index (κ2) is 18.0. The van der Waals surface area contributed by atoms with E-state index in [-0.39, 0.29) is 5.97 Å². The van der Waals surface area contributed by atoms with Crippen LogP contribution in [0.3, 0.4) is 0 Å². The minimum atomic E-state index is -0.982. The van der Waals surface area contributed by atoms with Gasteiger partial charge in [-0.3, -0.25) is 0 Å². The fourth-order valence-corrected chi connectivity index (χ4v) is 5.17. The van der Waals surface area contributed by atoms with Gasteiger partial charge in [0.25, 0.3) is 0 Å². The van der Waals surface area contributed by atoms with E-state index < -0.39 is 6.69 Å². The number of hydrogen-bond donors (Lipinski definition) is 0.